The molecule has 26 heavy (non-hydrogen) atoms. The van der Waals surface area contributed by atoms with Crippen molar-refractivity contribution in [3.63, 3.8) is 0 Å². The molecule has 0 unspecified atom stereocenters. The van der Waals surface area contributed by atoms with Crippen LogP contribution in [0, 0.1) is 5.82 Å². The molecule has 8 heteroatoms. The zero-order valence-electron chi connectivity index (χ0n) is 14.6. The molecule has 0 spiro atoms. The monoisotopic (exact) mass is 357 g/mol. The van der Waals surface area contributed by atoms with Gasteiger partial charge in [-0.25, -0.2) is 9.07 Å². The van der Waals surface area contributed by atoms with Gasteiger partial charge >= 0.3 is 0 Å². The number of aromatic nitrogens is 4. The van der Waals surface area contributed by atoms with Crippen LogP contribution in [0.5, 0.6) is 11.5 Å². The van der Waals surface area contributed by atoms with E-state index in [0.717, 1.165) is 5.56 Å². The Hall–Kier alpha value is -3.16. The van der Waals surface area contributed by atoms with Gasteiger partial charge in [0.1, 0.15) is 12.4 Å². The second-order valence-corrected chi connectivity index (χ2v) is 5.50. The lowest BCUT2D eigenvalue weighted by Gasteiger charge is -2.16. The molecule has 7 nitrogen and oxygen atoms in total. The molecule has 136 valence electrons. The fourth-order valence-corrected chi connectivity index (χ4v) is 2.51. The van der Waals surface area contributed by atoms with Gasteiger partial charge in [0.15, 0.2) is 11.5 Å². The van der Waals surface area contributed by atoms with Crippen LogP contribution in [0.1, 0.15) is 18.1 Å². The first-order valence-electron chi connectivity index (χ1n) is 8.25. The lowest BCUT2D eigenvalue weighted by molar-refractivity contribution is 0.277. The first kappa shape index (κ1) is 17.7. The SMILES string of the molecule is CCn1nnnc1NCc1cccc(OC)c1OCc1ccccc1F. The Morgan fingerprint density at radius 3 is 2.69 bits per heavy atom. The molecule has 0 amide bonds. The van der Waals surface area contributed by atoms with Crippen molar-refractivity contribution < 1.29 is 13.9 Å². The van der Waals surface area contributed by atoms with E-state index in [9.17, 15) is 4.39 Å². The van der Waals surface area contributed by atoms with Crippen LogP contribution in [0.25, 0.3) is 0 Å². The Bertz CT molecular complexity index is 868. The number of nitrogens with one attached hydrogen (secondary N) is 1. The van der Waals surface area contributed by atoms with Gasteiger partial charge in [0, 0.05) is 24.2 Å². The molecule has 1 heterocycles. The number of hydrogen-bond acceptors (Lipinski definition) is 6. The van der Waals surface area contributed by atoms with Crippen LogP contribution in [0.3, 0.4) is 0 Å². The van der Waals surface area contributed by atoms with Crippen LogP contribution in [0.4, 0.5) is 10.3 Å². The summed E-state index contributed by atoms with van der Waals surface area (Å²) in [5.41, 5.74) is 1.33. The molecule has 0 aliphatic rings. The van der Waals surface area contributed by atoms with Gasteiger partial charge in [0.2, 0.25) is 5.95 Å². The molecule has 0 atom stereocenters. The van der Waals surface area contributed by atoms with E-state index < -0.39 is 0 Å². The normalized spacial score (nSPS) is 10.6. The lowest BCUT2D eigenvalue weighted by Crippen LogP contribution is -2.10. The minimum Gasteiger partial charge on any atom is -0.493 e. The van der Waals surface area contributed by atoms with E-state index >= 15 is 0 Å². The molecule has 0 aliphatic carbocycles. The zero-order chi connectivity index (χ0) is 18.4. The Balaban J connectivity index is 1.78. The summed E-state index contributed by atoms with van der Waals surface area (Å²) < 4.78 is 26.8. The molecule has 0 radical (unpaired) electrons. The Labute approximate surface area is 150 Å². The standard InChI is InChI=1S/C18H20FN5O2/c1-3-24-18(21-22-23-24)20-11-13-8-6-10-16(25-2)17(13)26-12-14-7-4-5-9-15(14)19/h4-10H,3,11-12H2,1-2H3,(H,20,21,23). The van der Waals surface area contributed by atoms with Crippen molar-refractivity contribution in [3.8, 4) is 11.5 Å². The molecule has 1 aromatic heterocycles. The number of aryl methyl sites for hydroxylation is 1. The minimum atomic E-state index is -0.302. The number of tetrazole rings is 1. The summed E-state index contributed by atoms with van der Waals surface area (Å²) in [6, 6.07) is 12.1. The molecular formula is C18H20FN5O2. The number of anilines is 1. The fraction of sp³-hybridized carbons (Fsp3) is 0.278. The summed E-state index contributed by atoms with van der Waals surface area (Å²) in [7, 11) is 1.57. The Morgan fingerprint density at radius 1 is 1.12 bits per heavy atom. The number of rotatable bonds is 8. The number of halogens is 1. The molecule has 1 N–H and O–H groups in total. The summed E-state index contributed by atoms with van der Waals surface area (Å²) in [6.45, 7) is 3.15. The summed E-state index contributed by atoms with van der Waals surface area (Å²) in [6.07, 6.45) is 0. The van der Waals surface area contributed by atoms with Gasteiger partial charge in [-0.15, -0.1) is 0 Å². The summed E-state index contributed by atoms with van der Waals surface area (Å²) in [5, 5.41) is 14.7. The Kier molecular flexibility index (Phi) is 5.62. The maximum atomic E-state index is 13.8. The van der Waals surface area contributed by atoms with Crippen LogP contribution in [-0.4, -0.2) is 27.3 Å². The topological polar surface area (TPSA) is 74.1 Å². The lowest BCUT2D eigenvalue weighted by atomic mass is 10.1. The molecule has 0 bridgehead atoms. The van der Waals surface area contributed by atoms with Crippen molar-refractivity contribution in [3.05, 3.63) is 59.4 Å². The van der Waals surface area contributed by atoms with Crippen LogP contribution in [-0.2, 0) is 19.7 Å². The quantitative estimate of drug-likeness (QED) is 0.668. The minimum absolute atomic E-state index is 0.104. The molecule has 0 saturated carbocycles. The van der Waals surface area contributed by atoms with Gasteiger partial charge in [0.05, 0.1) is 7.11 Å². The molecule has 3 aromatic rings. The van der Waals surface area contributed by atoms with Gasteiger partial charge in [-0.2, -0.15) is 0 Å². The third-order valence-corrected chi connectivity index (χ3v) is 3.88. The van der Waals surface area contributed by atoms with E-state index in [0.29, 0.717) is 36.1 Å². The van der Waals surface area contributed by atoms with E-state index in [1.807, 2.05) is 19.1 Å². The van der Waals surface area contributed by atoms with Crippen LogP contribution < -0.4 is 14.8 Å². The van der Waals surface area contributed by atoms with Crippen molar-refractivity contribution in [1.29, 1.82) is 0 Å². The summed E-state index contributed by atoms with van der Waals surface area (Å²) in [4.78, 5) is 0. The molecule has 0 fully saturated rings. The molecular weight excluding hydrogens is 337 g/mol. The van der Waals surface area contributed by atoms with Gasteiger partial charge in [0.25, 0.3) is 0 Å². The van der Waals surface area contributed by atoms with E-state index in [4.69, 9.17) is 9.47 Å². The predicted octanol–water partition coefficient (Wildman–Crippen LogP) is 3.03. The fourth-order valence-electron chi connectivity index (χ4n) is 2.51. The van der Waals surface area contributed by atoms with Crippen molar-refractivity contribution in [2.75, 3.05) is 12.4 Å². The highest BCUT2D eigenvalue weighted by molar-refractivity contribution is 5.48. The zero-order valence-corrected chi connectivity index (χ0v) is 14.6. The number of ether oxygens (including phenoxy) is 2. The van der Waals surface area contributed by atoms with Crippen molar-refractivity contribution in [2.45, 2.75) is 26.6 Å². The number of benzene rings is 2. The van der Waals surface area contributed by atoms with Crippen LogP contribution >= 0.6 is 0 Å². The average Bonchev–Trinajstić information content (AvgIpc) is 3.13. The highest BCUT2D eigenvalue weighted by Crippen LogP contribution is 2.32. The number of nitrogens with zero attached hydrogens (tertiary/aromatic N) is 4. The smallest absolute Gasteiger partial charge is 0.243 e. The number of hydrogen-bond donors (Lipinski definition) is 1. The van der Waals surface area contributed by atoms with Crippen molar-refractivity contribution in [2.24, 2.45) is 0 Å². The van der Waals surface area contributed by atoms with Crippen LogP contribution in [0.15, 0.2) is 42.5 Å². The first-order chi connectivity index (χ1) is 12.7. The van der Waals surface area contributed by atoms with E-state index in [1.54, 1.807) is 36.1 Å². The van der Waals surface area contributed by atoms with Gasteiger partial charge in [-0.05, 0) is 29.5 Å². The summed E-state index contributed by atoms with van der Waals surface area (Å²) >= 11 is 0. The van der Waals surface area contributed by atoms with E-state index in [-0.39, 0.29) is 12.4 Å². The van der Waals surface area contributed by atoms with Gasteiger partial charge in [-0.1, -0.05) is 35.4 Å². The molecule has 3 rings (SSSR count). The Morgan fingerprint density at radius 2 is 1.92 bits per heavy atom. The first-order valence-corrected chi connectivity index (χ1v) is 8.25. The summed E-state index contributed by atoms with van der Waals surface area (Å²) in [5.74, 6) is 1.40. The van der Waals surface area contributed by atoms with Crippen molar-refractivity contribution >= 4 is 5.95 Å². The van der Waals surface area contributed by atoms with Gasteiger partial charge in [-0.3, -0.25) is 0 Å². The predicted molar refractivity (Wildman–Crippen MR) is 94.5 cm³/mol. The molecule has 2 aromatic carbocycles. The highest BCUT2D eigenvalue weighted by Gasteiger charge is 2.13. The third-order valence-electron chi connectivity index (χ3n) is 3.88. The molecule has 0 aliphatic heterocycles. The van der Waals surface area contributed by atoms with E-state index in [1.165, 1.54) is 6.07 Å². The van der Waals surface area contributed by atoms with Gasteiger partial charge < -0.3 is 14.8 Å². The molecule has 0 saturated heterocycles. The maximum absolute atomic E-state index is 13.8. The van der Waals surface area contributed by atoms with Crippen molar-refractivity contribution in [1.82, 2.24) is 20.2 Å². The number of para-hydroxylation sites is 1. The second kappa shape index (κ2) is 8.28. The number of methoxy groups -OCH3 is 1. The second-order valence-electron chi connectivity index (χ2n) is 5.50. The maximum Gasteiger partial charge on any atom is 0.243 e. The highest BCUT2D eigenvalue weighted by atomic mass is 19.1. The van der Waals surface area contributed by atoms with Crippen LogP contribution in [0.2, 0.25) is 0 Å². The largest absolute Gasteiger partial charge is 0.493 e. The average molecular weight is 357 g/mol. The van der Waals surface area contributed by atoms with E-state index in [2.05, 4.69) is 20.8 Å². The third kappa shape index (κ3) is 3.90.